The van der Waals surface area contributed by atoms with Gasteiger partial charge >= 0.3 is 0 Å². The summed E-state index contributed by atoms with van der Waals surface area (Å²) in [6.07, 6.45) is 0. The van der Waals surface area contributed by atoms with Crippen molar-refractivity contribution in [3.05, 3.63) is 57.9 Å². The number of para-hydroxylation sites is 1. The molecule has 6 heteroatoms. The first-order valence-electron chi connectivity index (χ1n) is 5.39. The number of phenolic OH excluding ortho intramolecular Hbond substituents is 1. The van der Waals surface area contributed by atoms with Gasteiger partial charge in [0, 0.05) is 0 Å². The minimum Gasteiger partial charge on any atom is -0.507 e. The van der Waals surface area contributed by atoms with Gasteiger partial charge in [-0.2, -0.15) is 0 Å². The van der Waals surface area contributed by atoms with E-state index in [1.807, 2.05) is 0 Å². The molecule has 0 aromatic heterocycles. The van der Waals surface area contributed by atoms with Crippen LogP contribution in [-0.4, -0.2) is 10.0 Å². The summed E-state index contributed by atoms with van der Waals surface area (Å²) in [7, 11) is 0. The van der Waals surface area contributed by atoms with Gasteiger partial charge in [0.2, 0.25) is 0 Å². The zero-order valence-electron chi connectivity index (χ0n) is 9.96. The number of nitro groups is 1. The van der Waals surface area contributed by atoms with Gasteiger partial charge in [0.1, 0.15) is 11.6 Å². The Kier molecular flexibility index (Phi) is 3.71. The van der Waals surface area contributed by atoms with Gasteiger partial charge in [0.15, 0.2) is 0 Å². The SMILES string of the molecule is Cc1cc(Sc2ccccc2O)c([N+](=O)[O-])cc1F. The highest BCUT2D eigenvalue weighted by Crippen LogP contribution is 2.39. The third-order valence-electron chi connectivity index (χ3n) is 2.52. The fraction of sp³-hybridized carbons (Fsp3) is 0.0769. The molecule has 0 saturated carbocycles. The van der Waals surface area contributed by atoms with Gasteiger partial charge in [-0.3, -0.25) is 10.1 Å². The Hall–Kier alpha value is -2.08. The number of benzene rings is 2. The van der Waals surface area contributed by atoms with Crippen molar-refractivity contribution in [2.24, 2.45) is 0 Å². The number of phenols is 1. The first-order chi connectivity index (χ1) is 8.99. The molecule has 0 fully saturated rings. The second-order valence-electron chi connectivity index (χ2n) is 3.90. The normalized spacial score (nSPS) is 10.4. The van der Waals surface area contributed by atoms with Gasteiger partial charge < -0.3 is 5.11 Å². The molecule has 0 bridgehead atoms. The fourth-order valence-electron chi connectivity index (χ4n) is 1.53. The molecular formula is C13H10FNO3S. The van der Waals surface area contributed by atoms with Crippen molar-refractivity contribution in [2.75, 3.05) is 0 Å². The molecule has 19 heavy (non-hydrogen) atoms. The van der Waals surface area contributed by atoms with E-state index in [9.17, 15) is 19.6 Å². The van der Waals surface area contributed by atoms with Crippen molar-refractivity contribution >= 4 is 17.4 Å². The Morgan fingerprint density at radius 3 is 2.58 bits per heavy atom. The number of rotatable bonds is 3. The van der Waals surface area contributed by atoms with Gasteiger partial charge in [-0.15, -0.1) is 0 Å². The summed E-state index contributed by atoms with van der Waals surface area (Å²) in [6.45, 7) is 1.54. The summed E-state index contributed by atoms with van der Waals surface area (Å²) in [5.41, 5.74) is 0.0138. The first-order valence-corrected chi connectivity index (χ1v) is 6.21. The van der Waals surface area contributed by atoms with E-state index in [4.69, 9.17) is 0 Å². The molecule has 0 radical (unpaired) electrons. The van der Waals surface area contributed by atoms with E-state index in [0.29, 0.717) is 15.4 Å². The Labute approximate surface area is 113 Å². The Bertz CT molecular complexity index is 646. The van der Waals surface area contributed by atoms with Crippen molar-refractivity contribution in [1.29, 1.82) is 0 Å². The Balaban J connectivity index is 2.48. The predicted octanol–water partition coefficient (Wildman–Crippen LogP) is 3.90. The van der Waals surface area contributed by atoms with Crippen molar-refractivity contribution in [1.82, 2.24) is 0 Å². The van der Waals surface area contributed by atoms with Gasteiger partial charge in [-0.1, -0.05) is 23.9 Å². The number of halogens is 1. The lowest BCUT2D eigenvalue weighted by Gasteiger charge is -2.06. The number of hydrogen-bond acceptors (Lipinski definition) is 4. The minimum absolute atomic E-state index is 0.0313. The minimum atomic E-state index is -0.634. The molecule has 0 aliphatic rings. The van der Waals surface area contributed by atoms with Crippen LogP contribution in [-0.2, 0) is 0 Å². The van der Waals surface area contributed by atoms with Crippen LogP contribution in [0.25, 0.3) is 0 Å². The number of aryl methyl sites for hydroxylation is 1. The van der Waals surface area contributed by atoms with Gasteiger partial charge in [0.05, 0.1) is 20.8 Å². The van der Waals surface area contributed by atoms with E-state index in [1.54, 1.807) is 18.2 Å². The van der Waals surface area contributed by atoms with E-state index in [0.717, 1.165) is 17.8 Å². The standard InChI is InChI=1S/C13H10FNO3S/c1-8-6-13(10(15(17)18)7-9(8)14)19-12-5-3-2-4-11(12)16/h2-7,16H,1H3. The van der Waals surface area contributed by atoms with E-state index in [-0.39, 0.29) is 11.4 Å². The average molecular weight is 279 g/mol. The second-order valence-corrected chi connectivity index (χ2v) is 4.98. The highest BCUT2D eigenvalue weighted by atomic mass is 32.2. The van der Waals surface area contributed by atoms with Crippen LogP contribution in [0.4, 0.5) is 10.1 Å². The molecule has 0 amide bonds. The summed E-state index contributed by atoms with van der Waals surface area (Å²) >= 11 is 1.03. The van der Waals surface area contributed by atoms with Crippen molar-refractivity contribution in [3.63, 3.8) is 0 Å². The molecule has 2 rings (SSSR count). The maximum atomic E-state index is 13.4. The van der Waals surface area contributed by atoms with Crippen molar-refractivity contribution < 1.29 is 14.4 Å². The lowest BCUT2D eigenvalue weighted by atomic mass is 10.2. The lowest BCUT2D eigenvalue weighted by Crippen LogP contribution is -1.94. The van der Waals surface area contributed by atoms with Crippen LogP contribution < -0.4 is 0 Å². The molecule has 0 aliphatic carbocycles. The van der Waals surface area contributed by atoms with Crippen LogP contribution in [0.5, 0.6) is 5.75 Å². The summed E-state index contributed by atoms with van der Waals surface area (Å²) in [5.74, 6) is -0.586. The maximum absolute atomic E-state index is 13.4. The van der Waals surface area contributed by atoms with E-state index in [2.05, 4.69) is 0 Å². The van der Waals surface area contributed by atoms with Crippen LogP contribution in [0.1, 0.15) is 5.56 Å². The Morgan fingerprint density at radius 1 is 1.26 bits per heavy atom. The number of aromatic hydroxyl groups is 1. The summed E-state index contributed by atoms with van der Waals surface area (Å²) in [6, 6.07) is 8.81. The second kappa shape index (κ2) is 5.27. The zero-order chi connectivity index (χ0) is 14.0. The molecule has 0 atom stereocenters. The van der Waals surface area contributed by atoms with E-state index >= 15 is 0 Å². The average Bonchev–Trinajstić information content (AvgIpc) is 2.36. The molecule has 0 spiro atoms. The summed E-state index contributed by atoms with van der Waals surface area (Å²) in [5, 5.41) is 20.6. The van der Waals surface area contributed by atoms with Crippen LogP contribution in [0.15, 0.2) is 46.2 Å². The third kappa shape index (κ3) is 2.85. The van der Waals surface area contributed by atoms with Crippen LogP contribution >= 0.6 is 11.8 Å². The summed E-state index contributed by atoms with van der Waals surface area (Å²) < 4.78 is 13.4. The fourth-order valence-corrected chi connectivity index (χ4v) is 2.56. The quantitative estimate of drug-likeness (QED) is 0.683. The molecule has 2 aromatic rings. The number of nitro benzene ring substituents is 1. The molecule has 1 N–H and O–H groups in total. The van der Waals surface area contributed by atoms with Crippen molar-refractivity contribution in [2.45, 2.75) is 16.7 Å². The molecule has 98 valence electrons. The Morgan fingerprint density at radius 2 is 1.95 bits per heavy atom. The van der Waals surface area contributed by atoms with Crippen LogP contribution in [0.3, 0.4) is 0 Å². The molecule has 0 saturated heterocycles. The van der Waals surface area contributed by atoms with Gasteiger partial charge in [-0.25, -0.2) is 4.39 Å². The molecular weight excluding hydrogens is 269 g/mol. The maximum Gasteiger partial charge on any atom is 0.286 e. The number of nitrogens with zero attached hydrogens (tertiary/aromatic N) is 1. The van der Waals surface area contributed by atoms with Gasteiger partial charge in [0.25, 0.3) is 5.69 Å². The van der Waals surface area contributed by atoms with Crippen LogP contribution in [0.2, 0.25) is 0 Å². The van der Waals surface area contributed by atoms with E-state index in [1.165, 1.54) is 19.1 Å². The predicted molar refractivity (Wildman–Crippen MR) is 70.0 cm³/mol. The first kappa shape index (κ1) is 13.4. The molecule has 2 aromatic carbocycles. The van der Waals surface area contributed by atoms with E-state index < -0.39 is 10.7 Å². The van der Waals surface area contributed by atoms with Gasteiger partial charge in [-0.05, 0) is 30.7 Å². The summed E-state index contributed by atoms with van der Waals surface area (Å²) in [4.78, 5) is 11.1. The number of hydrogen-bond donors (Lipinski definition) is 1. The third-order valence-corrected chi connectivity index (χ3v) is 3.63. The highest BCUT2D eigenvalue weighted by Gasteiger charge is 2.18. The topological polar surface area (TPSA) is 63.4 Å². The molecule has 0 unspecified atom stereocenters. The highest BCUT2D eigenvalue weighted by molar-refractivity contribution is 7.99. The van der Waals surface area contributed by atoms with Crippen molar-refractivity contribution in [3.8, 4) is 5.75 Å². The molecule has 0 heterocycles. The lowest BCUT2D eigenvalue weighted by molar-refractivity contribution is -0.387. The molecule has 0 aliphatic heterocycles. The van der Waals surface area contributed by atoms with Crippen LogP contribution in [0, 0.1) is 22.9 Å². The zero-order valence-corrected chi connectivity index (χ0v) is 10.8. The smallest absolute Gasteiger partial charge is 0.286 e. The monoisotopic (exact) mass is 279 g/mol. The largest absolute Gasteiger partial charge is 0.507 e. The molecule has 4 nitrogen and oxygen atoms in total.